The average Bonchev–Trinajstić information content (AvgIpc) is 3.23. The van der Waals surface area contributed by atoms with Gasteiger partial charge < -0.3 is 24.0 Å². The molecule has 1 aromatic rings. The van der Waals surface area contributed by atoms with Crippen LogP contribution in [0.4, 0.5) is 0 Å². The summed E-state index contributed by atoms with van der Waals surface area (Å²) in [6.45, 7) is 8.84. The number of piperazine rings is 1. The van der Waals surface area contributed by atoms with Gasteiger partial charge in [-0.15, -0.1) is 0 Å². The fourth-order valence-electron chi connectivity index (χ4n) is 5.04. The Morgan fingerprint density at radius 1 is 1.06 bits per heavy atom. The topological polar surface area (TPSA) is 88.6 Å². The van der Waals surface area contributed by atoms with Gasteiger partial charge in [0.1, 0.15) is 6.04 Å². The molecule has 3 heterocycles. The lowest BCUT2D eigenvalue weighted by Crippen LogP contribution is -2.58. The minimum Gasteiger partial charge on any atom is -0.467 e. The number of methoxy groups -OCH3 is 1. The van der Waals surface area contributed by atoms with Gasteiger partial charge in [0.05, 0.1) is 13.7 Å². The first-order chi connectivity index (χ1) is 16.3. The number of amides is 2. The van der Waals surface area contributed by atoms with E-state index in [9.17, 15) is 14.4 Å². The molecule has 3 aliphatic heterocycles. The van der Waals surface area contributed by atoms with Gasteiger partial charge in [-0.05, 0) is 24.8 Å². The predicted octanol–water partition coefficient (Wildman–Crippen LogP) is 1.43. The van der Waals surface area contributed by atoms with Crippen LogP contribution in [0.1, 0.15) is 38.8 Å². The molecule has 1 aromatic carbocycles. The molecule has 3 aliphatic rings. The molecular formula is C25H35N3O6. The molecule has 2 amide bonds. The largest absolute Gasteiger partial charge is 0.467 e. The van der Waals surface area contributed by atoms with E-state index >= 15 is 0 Å². The summed E-state index contributed by atoms with van der Waals surface area (Å²) in [5, 5.41) is 0. The molecule has 34 heavy (non-hydrogen) atoms. The maximum Gasteiger partial charge on any atom is 0.328 e. The third kappa shape index (κ3) is 4.96. The van der Waals surface area contributed by atoms with Gasteiger partial charge in [-0.1, -0.05) is 44.2 Å². The van der Waals surface area contributed by atoms with Gasteiger partial charge in [-0.25, -0.2) is 4.79 Å². The predicted molar refractivity (Wildman–Crippen MR) is 124 cm³/mol. The van der Waals surface area contributed by atoms with Crippen molar-refractivity contribution in [2.75, 3.05) is 39.8 Å². The Hall–Kier alpha value is -2.49. The molecule has 0 aliphatic carbocycles. The minimum absolute atomic E-state index is 0.105. The Kier molecular flexibility index (Phi) is 7.54. The Bertz CT molecular complexity index is 886. The third-order valence-corrected chi connectivity index (χ3v) is 6.99. The second-order valence-electron chi connectivity index (χ2n) is 9.65. The number of hydrogen-bond donors (Lipinski definition) is 0. The Labute approximate surface area is 200 Å². The van der Waals surface area contributed by atoms with Gasteiger partial charge in [0.15, 0.2) is 18.5 Å². The molecule has 0 radical (unpaired) electrons. The van der Waals surface area contributed by atoms with Gasteiger partial charge in [-0.3, -0.25) is 14.5 Å². The van der Waals surface area contributed by atoms with Crippen LogP contribution in [0.5, 0.6) is 0 Å². The number of benzene rings is 1. The van der Waals surface area contributed by atoms with Crippen LogP contribution in [0.25, 0.3) is 0 Å². The highest BCUT2D eigenvalue weighted by Crippen LogP contribution is 2.31. The summed E-state index contributed by atoms with van der Waals surface area (Å²) in [6, 6.07) is 9.85. The van der Waals surface area contributed by atoms with Crippen LogP contribution in [0, 0.1) is 5.92 Å². The van der Waals surface area contributed by atoms with E-state index in [4.69, 9.17) is 14.2 Å². The second kappa shape index (κ2) is 10.4. The first-order valence-corrected chi connectivity index (χ1v) is 12.1. The second-order valence-corrected chi connectivity index (χ2v) is 9.65. The lowest BCUT2D eigenvalue weighted by atomic mass is 10.0. The normalized spacial score (nSPS) is 27.1. The zero-order valence-corrected chi connectivity index (χ0v) is 20.4. The van der Waals surface area contributed by atoms with Gasteiger partial charge >= 0.3 is 5.97 Å². The Morgan fingerprint density at radius 2 is 1.74 bits per heavy atom. The summed E-state index contributed by atoms with van der Waals surface area (Å²) in [5.41, 5.74) is 1.25. The smallest absolute Gasteiger partial charge is 0.328 e. The van der Waals surface area contributed by atoms with Crippen molar-refractivity contribution >= 4 is 17.8 Å². The molecule has 3 saturated heterocycles. The van der Waals surface area contributed by atoms with E-state index in [0.717, 1.165) is 13.1 Å². The van der Waals surface area contributed by atoms with Crippen LogP contribution in [-0.4, -0.2) is 96.9 Å². The van der Waals surface area contributed by atoms with E-state index in [1.54, 1.807) is 4.90 Å². The van der Waals surface area contributed by atoms with Crippen LogP contribution in [0.2, 0.25) is 0 Å². The summed E-state index contributed by atoms with van der Waals surface area (Å²) in [5.74, 6) is -0.895. The standard InChI is InChI=1S/C25H35N3O6/c1-16(2)14-19(25(31)32-4)28-15-20-33-21(22(34-20)24(28)30)23(29)27-12-10-26(11-13-27)17(3)18-8-6-5-7-9-18/h5-9,16-17,19-22H,10-15H2,1-4H3/t17?,19-,20-,21-,22+/m0/s1. The van der Waals surface area contributed by atoms with Crippen LogP contribution in [-0.2, 0) is 28.6 Å². The summed E-state index contributed by atoms with van der Waals surface area (Å²) >= 11 is 0. The van der Waals surface area contributed by atoms with E-state index in [-0.39, 0.29) is 30.3 Å². The lowest BCUT2D eigenvalue weighted by Gasteiger charge is -2.39. The van der Waals surface area contributed by atoms with Crippen molar-refractivity contribution in [3.8, 4) is 0 Å². The number of hydrogen-bond acceptors (Lipinski definition) is 7. The average molecular weight is 474 g/mol. The van der Waals surface area contributed by atoms with E-state index in [0.29, 0.717) is 19.5 Å². The molecule has 4 rings (SSSR count). The van der Waals surface area contributed by atoms with Gasteiger partial charge in [0.2, 0.25) is 0 Å². The molecular weight excluding hydrogens is 438 g/mol. The van der Waals surface area contributed by atoms with Gasteiger partial charge in [0.25, 0.3) is 11.8 Å². The van der Waals surface area contributed by atoms with Crippen molar-refractivity contribution in [1.29, 1.82) is 0 Å². The maximum atomic E-state index is 13.3. The Balaban J connectivity index is 1.39. The minimum atomic E-state index is -1.04. The SMILES string of the molecule is COC(=O)[C@H](CC(C)C)N1C[C@H]2O[C@H](C(=O)N3CCN(C(C)c4ccccc4)CC3)[C@@H](O2)C1=O. The third-order valence-electron chi connectivity index (χ3n) is 6.99. The number of fused-ring (bicyclic) bond motifs is 2. The van der Waals surface area contributed by atoms with Crippen molar-refractivity contribution in [3.05, 3.63) is 35.9 Å². The molecule has 1 unspecified atom stereocenters. The summed E-state index contributed by atoms with van der Waals surface area (Å²) in [7, 11) is 1.32. The number of nitrogens with zero attached hydrogens (tertiary/aromatic N) is 3. The monoisotopic (exact) mass is 473 g/mol. The number of carbonyl (C=O) groups excluding carboxylic acids is 3. The zero-order valence-electron chi connectivity index (χ0n) is 20.4. The zero-order chi connectivity index (χ0) is 24.4. The van der Waals surface area contributed by atoms with Crippen LogP contribution >= 0.6 is 0 Å². The highest BCUT2D eigenvalue weighted by Gasteiger charge is 2.54. The van der Waals surface area contributed by atoms with E-state index in [1.807, 2.05) is 32.0 Å². The number of esters is 1. The van der Waals surface area contributed by atoms with Crippen molar-refractivity contribution in [3.63, 3.8) is 0 Å². The van der Waals surface area contributed by atoms with E-state index in [2.05, 4.69) is 24.0 Å². The van der Waals surface area contributed by atoms with Gasteiger partial charge in [0, 0.05) is 32.2 Å². The van der Waals surface area contributed by atoms with Crippen LogP contribution in [0.3, 0.4) is 0 Å². The molecule has 0 N–H and O–H groups in total. The molecule has 186 valence electrons. The van der Waals surface area contributed by atoms with Crippen molar-refractivity contribution < 1.29 is 28.6 Å². The summed E-state index contributed by atoms with van der Waals surface area (Å²) < 4.78 is 16.5. The van der Waals surface area contributed by atoms with E-state index < -0.39 is 30.5 Å². The fourth-order valence-corrected chi connectivity index (χ4v) is 5.04. The quantitative estimate of drug-likeness (QED) is 0.554. The fraction of sp³-hybridized carbons (Fsp3) is 0.640. The molecule has 9 heteroatoms. The Morgan fingerprint density at radius 3 is 2.35 bits per heavy atom. The molecule has 0 spiro atoms. The summed E-state index contributed by atoms with van der Waals surface area (Å²) in [4.78, 5) is 44.6. The van der Waals surface area contributed by atoms with Crippen molar-refractivity contribution in [2.45, 2.75) is 57.8 Å². The first kappa shape index (κ1) is 24.6. The van der Waals surface area contributed by atoms with Gasteiger partial charge in [-0.2, -0.15) is 0 Å². The summed E-state index contributed by atoms with van der Waals surface area (Å²) in [6.07, 6.45) is -2.28. The lowest BCUT2D eigenvalue weighted by molar-refractivity contribution is -0.174. The number of rotatable bonds is 7. The highest BCUT2D eigenvalue weighted by atomic mass is 16.7. The van der Waals surface area contributed by atoms with E-state index in [1.165, 1.54) is 17.6 Å². The van der Waals surface area contributed by atoms with Crippen molar-refractivity contribution in [1.82, 2.24) is 14.7 Å². The number of carbonyl (C=O) groups is 3. The molecule has 0 saturated carbocycles. The van der Waals surface area contributed by atoms with Crippen LogP contribution in [0.15, 0.2) is 30.3 Å². The van der Waals surface area contributed by atoms with Crippen LogP contribution < -0.4 is 0 Å². The molecule has 0 aromatic heterocycles. The molecule has 9 nitrogen and oxygen atoms in total. The van der Waals surface area contributed by atoms with Crippen molar-refractivity contribution in [2.24, 2.45) is 5.92 Å². The molecule has 3 fully saturated rings. The molecule has 5 atom stereocenters. The number of ether oxygens (including phenoxy) is 3. The molecule has 2 bridgehead atoms. The highest BCUT2D eigenvalue weighted by molar-refractivity contribution is 5.94. The number of morpholine rings is 1. The maximum absolute atomic E-state index is 13.3. The first-order valence-electron chi connectivity index (χ1n) is 12.1.